The van der Waals surface area contributed by atoms with Crippen LogP contribution in [0.2, 0.25) is 0 Å². The van der Waals surface area contributed by atoms with Gasteiger partial charge in [-0.15, -0.1) is 0 Å². The number of para-hydroxylation sites is 1. The third kappa shape index (κ3) is 4.45. The molecule has 0 aliphatic heterocycles. The van der Waals surface area contributed by atoms with Gasteiger partial charge in [0.15, 0.2) is 0 Å². The van der Waals surface area contributed by atoms with Gasteiger partial charge in [-0.05, 0) is 41.5 Å². The molecule has 1 heterocycles. The van der Waals surface area contributed by atoms with Crippen LogP contribution < -0.4 is 10.1 Å². The van der Waals surface area contributed by atoms with Crippen molar-refractivity contribution < 1.29 is 9.53 Å². The Hall–Kier alpha value is -4.04. The number of nitriles is 1. The highest BCUT2D eigenvalue weighted by Crippen LogP contribution is 2.21. The SMILES string of the molecule is N#Cc1cccc(COc2cccc(NC(=O)Cc3c[nH]c4ccccc34)c2)c1. The van der Waals surface area contributed by atoms with Gasteiger partial charge in [0.25, 0.3) is 0 Å². The van der Waals surface area contributed by atoms with Crippen molar-refractivity contribution >= 4 is 22.5 Å². The summed E-state index contributed by atoms with van der Waals surface area (Å²) < 4.78 is 5.81. The Morgan fingerprint density at radius 2 is 1.90 bits per heavy atom. The van der Waals surface area contributed by atoms with Crippen LogP contribution in [-0.2, 0) is 17.8 Å². The van der Waals surface area contributed by atoms with Gasteiger partial charge in [0.1, 0.15) is 12.4 Å². The molecule has 3 aromatic carbocycles. The minimum Gasteiger partial charge on any atom is -0.489 e. The summed E-state index contributed by atoms with van der Waals surface area (Å²) in [6, 6.07) is 24.6. The Morgan fingerprint density at radius 3 is 2.79 bits per heavy atom. The van der Waals surface area contributed by atoms with E-state index in [9.17, 15) is 4.79 Å². The molecule has 5 nitrogen and oxygen atoms in total. The minimum absolute atomic E-state index is 0.0892. The second-order valence-electron chi connectivity index (χ2n) is 6.71. The lowest BCUT2D eigenvalue weighted by atomic mass is 10.1. The summed E-state index contributed by atoms with van der Waals surface area (Å²) in [5, 5.41) is 13.0. The summed E-state index contributed by atoms with van der Waals surface area (Å²) in [5.74, 6) is 0.561. The quantitative estimate of drug-likeness (QED) is 0.504. The highest BCUT2D eigenvalue weighted by atomic mass is 16.5. The first-order chi connectivity index (χ1) is 14.2. The Labute approximate surface area is 168 Å². The van der Waals surface area contributed by atoms with Gasteiger partial charge < -0.3 is 15.0 Å². The molecular formula is C24H19N3O2. The number of hydrogen-bond acceptors (Lipinski definition) is 3. The molecule has 0 bridgehead atoms. The molecule has 4 aromatic rings. The molecule has 0 aliphatic rings. The fraction of sp³-hybridized carbons (Fsp3) is 0.0833. The van der Waals surface area contributed by atoms with Crippen molar-refractivity contribution in [3.05, 3.63) is 95.7 Å². The van der Waals surface area contributed by atoms with E-state index in [0.29, 0.717) is 23.6 Å². The first-order valence-electron chi connectivity index (χ1n) is 9.28. The lowest BCUT2D eigenvalue weighted by Gasteiger charge is -2.09. The molecule has 1 amide bonds. The topological polar surface area (TPSA) is 77.9 Å². The van der Waals surface area contributed by atoms with Crippen LogP contribution in [0, 0.1) is 11.3 Å². The van der Waals surface area contributed by atoms with Crippen molar-refractivity contribution in [1.82, 2.24) is 4.98 Å². The van der Waals surface area contributed by atoms with E-state index in [1.165, 1.54) is 0 Å². The fourth-order valence-corrected chi connectivity index (χ4v) is 3.22. The maximum atomic E-state index is 12.5. The Morgan fingerprint density at radius 1 is 1.03 bits per heavy atom. The largest absolute Gasteiger partial charge is 0.489 e. The van der Waals surface area contributed by atoms with Crippen LogP contribution in [-0.4, -0.2) is 10.9 Å². The van der Waals surface area contributed by atoms with Gasteiger partial charge in [0.2, 0.25) is 5.91 Å². The Balaban J connectivity index is 1.39. The number of amides is 1. The second-order valence-corrected chi connectivity index (χ2v) is 6.71. The van der Waals surface area contributed by atoms with Crippen molar-refractivity contribution in [3.63, 3.8) is 0 Å². The molecule has 0 aliphatic carbocycles. The number of aromatic amines is 1. The number of aromatic nitrogens is 1. The zero-order valence-corrected chi connectivity index (χ0v) is 15.7. The molecule has 142 valence electrons. The number of rotatable bonds is 6. The lowest BCUT2D eigenvalue weighted by molar-refractivity contribution is -0.115. The second kappa shape index (κ2) is 8.32. The van der Waals surface area contributed by atoms with Crippen LogP contribution in [0.4, 0.5) is 5.69 Å². The number of benzene rings is 3. The van der Waals surface area contributed by atoms with Gasteiger partial charge in [0, 0.05) is 28.9 Å². The third-order valence-corrected chi connectivity index (χ3v) is 4.61. The van der Waals surface area contributed by atoms with E-state index in [2.05, 4.69) is 16.4 Å². The number of ether oxygens (including phenoxy) is 1. The van der Waals surface area contributed by atoms with Crippen molar-refractivity contribution in [3.8, 4) is 11.8 Å². The molecular weight excluding hydrogens is 362 g/mol. The predicted octanol–water partition coefficient (Wildman–Crippen LogP) is 4.80. The summed E-state index contributed by atoms with van der Waals surface area (Å²) in [5.41, 5.74) is 4.18. The van der Waals surface area contributed by atoms with Crippen molar-refractivity contribution in [1.29, 1.82) is 5.26 Å². The van der Waals surface area contributed by atoms with Crippen molar-refractivity contribution in [2.24, 2.45) is 0 Å². The zero-order valence-electron chi connectivity index (χ0n) is 15.7. The Kier molecular flexibility index (Phi) is 5.26. The van der Waals surface area contributed by atoms with Crippen LogP contribution in [0.3, 0.4) is 0 Å². The predicted molar refractivity (Wildman–Crippen MR) is 113 cm³/mol. The number of nitrogens with one attached hydrogen (secondary N) is 2. The summed E-state index contributed by atoms with van der Waals surface area (Å²) >= 11 is 0. The molecule has 0 saturated heterocycles. The van der Waals surface area contributed by atoms with Gasteiger partial charge in [-0.3, -0.25) is 4.79 Å². The third-order valence-electron chi connectivity index (χ3n) is 4.61. The zero-order chi connectivity index (χ0) is 20.1. The average Bonchev–Trinajstić information content (AvgIpc) is 3.15. The molecule has 0 saturated carbocycles. The van der Waals surface area contributed by atoms with Crippen molar-refractivity contribution in [2.75, 3.05) is 5.32 Å². The van der Waals surface area contributed by atoms with Crippen LogP contribution in [0.25, 0.3) is 10.9 Å². The average molecular weight is 381 g/mol. The first-order valence-corrected chi connectivity index (χ1v) is 9.28. The number of fused-ring (bicyclic) bond motifs is 1. The van der Waals surface area contributed by atoms with Gasteiger partial charge in [-0.1, -0.05) is 36.4 Å². The molecule has 0 radical (unpaired) electrons. The van der Waals surface area contributed by atoms with Crippen LogP contribution in [0.1, 0.15) is 16.7 Å². The molecule has 5 heteroatoms. The maximum absolute atomic E-state index is 12.5. The van der Waals surface area contributed by atoms with Crippen LogP contribution in [0.5, 0.6) is 5.75 Å². The molecule has 0 atom stereocenters. The molecule has 29 heavy (non-hydrogen) atoms. The normalized spacial score (nSPS) is 10.4. The van der Waals surface area contributed by atoms with E-state index in [1.54, 1.807) is 18.2 Å². The molecule has 4 rings (SSSR count). The summed E-state index contributed by atoms with van der Waals surface area (Å²) in [7, 11) is 0. The number of anilines is 1. The molecule has 0 fully saturated rings. The van der Waals surface area contributed by atoms with E-state index in [0.717, 1.165) is 22.0 Å². The Bertz CT molecular complexity index is 1200. The van der Waals surface area contributed by atoms with Gasteiger partial charge in [-0.25, -0.2) is 0 Å². The van der Waals surface area contributed by atoms with E-state index in [4.69, 9.17) is 10.00 Å². The summed E-state index contributed by atoms with van der Waals surface area (Å²) in [4.78, 5) is 15.7. The molecule has 2 N–H and O–H groups in total. The fourth-order valence-electron chi connectivity index (χ4n) is 3.22. The van der Waals surface area contributed by atoms with Crippen LogP contribution >= 0.6 is 0 Å². The van der Waals surface area contributed by atoms with Crippen LogP contribution in [0.15, 0.2) is 79.0 Å². The molecule has 1 aromatic heterocycles. The number of carbonyl (C=O) groups excluding carboxylic acids is 1. The van der Waals surface area contributed by atoms with Gasteiger partial charge in [-0.2, -0.15) is 5.26 Å². The van der Waals surface area contributed by atoms with Gasteiger partial charge in [0.05, 0.1) is 18.1 Å². The minimum atomic E-state index is -0.0892. The lowest BCUT2D eigenvalue weighted by Crippen LogP contribution is -2.14. The molecule has 0 spiro atoms. The molecule has 0 unspecified atom stereocenters. The summed E-state index contributed by atoms with van der Waals surface area (Å²) in [6.07, 6.45) is 2.16. The van der Waals surface area contributed by atoms with E-state index in [-0.39, 0.29) is 12.3 Å². The highest BCUT2D eigenvalue weighted by Gasteiger charge is 2.09. The number of hydrogen-bond donors (Lipinski definition) is 2. The number of nitrogens with zero attached hydrogens (tertiary/aromatic N) is 1. The smallest absolute Gasteiger partial charge is 0.228 e. The van der Waals surface area contributed by atoms with Gasteiger partial charge >= 0.3 is 0 Å². The van der Waals surface area contributed by atoms with E-state index >= 15 is 0 Å². The highest BCUT2D eigenvalue weighted by molar-refractivity contribution is 5.95. The van der Waals surface area contributed by atoms with E-state index < -0.39 is 0 Å². The number of carbonyl (C=O) groups is 1. The van der Waals surface area contributed by atoms with E-state index in [1.807, 2.05) is 60.8 Å². The monoisotopic (exact) mass is 381 g/mol. The summed E-state index contributed by atoms with van der Waals surface area (Å²) in [6.45, 7) is 0.349. The number of H-pyrrole nitrogens is 1. The standard InChI is InChI=1S/C24H19N3O2/c25-14-17-5-3-6-18(11-17)16-29-21-8-4-7-20(13-21)27-24(28)12-19-15-26-23-10-2-1-9-22(19)23/h1-11,13,15,26H,12,16H2,(H,27,28). The van der Waals surface area contributed by atoms with Crippen molar-refractivity contribution in [2.45, 2.75) is 13.0 Å². The maximum Gasteiger partial charge on any atom is 0.228 e. The first kappa shape index (κ1) is 18.3.